The summed E-state index contributed by atoms with van der Waals surface area (Å²) in [5, 5.41) is 9.78. The lowest BCUT2D eigenvalue weighted by molar-refractivity contribution is -0.131. The first-order valence-corrected chi connectivity index (χ1v) is 8.14. The van der Waals surface area contributed by atoms with Crippen LogP contribution in [-0.4, -0.2) is 39.8 Å². The lowest BCUT2D eigenvalue weighted by atomic mass is 9.89. The fourth-order valence-electron chi connectivity index (χ4n) is 3.07. The minimum Gasteiger partial charge on any atom is -0.508 e. The summed E-state index contributed by atoms with van der Waals surface area (Å²) in [6.07, 6.45) is 4.77. The smallest absolute Gasteiger partial charge is 0.227 e. The Hall–Kier alpha value is -2.69. The topological polar surface area (TPSA) is 70.5 Å². The van der Waals surface area contributed by atoms with Crippen molar-refractivity contribution in [2.24, 2.45) is 5.92 Å². The highest BCUT2D eigenvalue weighted by atomic mass is 16.3. The quantitative estimate of drug-likeness (QED) is 0.877. The molecule has 1 saturated heterocycles. The lowest BCUT2D eigenvalue weighted by Gasteiger charge is -2.31. The zero-order valence-electron chi connectivity index (χ0n) is 13.4. The number of nitrogens with zero attached hydrogens (tertiary/aromatic N) is 2. The highest BCUT2D eigenvalue weighted by Gasteiger charge is 2.28. The molecule has 0 saturated carbocycles. The number of aromatic hydroxyl groups is 1. The number of carbonyl (C=O) groups is 2. The first kappa shape index (κ1) is 16.2. The van der Waals surface area contributed by atoms with E-state index in [-0.39, 0.29) is 29.8 Å². The van der Waals surface area contributed by atoms with Crippen LogP contribution in [0.15, 0.2) is 48.8 Å². The van der Waals surface area contributed by atoms with E-state index in [0.29, 0.717) is 37.1 Å². The molecule has 0 unspecified atom stereocenters. The third kappa shape index (κ3) is 3.62. The van der Waals surface area contributed by atoms with Crippen molar-refractivity contribution in [2.45, 2.75) is 19.3 Å². The number of hydrogen-bond donors (Lipinski definition) is 1. The molecule has 0 spiro atoms. The van der Waals surface area contributed by atoms with Gasteiger partial charge in [0.1, 0.15) is 5.75 Å². The zero-order valence-corrected chi connectivity index (χ0v) is 13.4. The van der Waals surface area contributed by atoms with E-state index in [2.05, 4.69) is 4.98 Å². The summed E-state index contributed by atoms with van der Waals surface area (Å²) in [4.78, 5) is 30.6. The molecule has 0 radical (unpaired) electrons. The van der Waals surface area contributed by atoms with Crippen molar-refractivity contribution in [3.8, 4) is 5.75 Å². The van der Waals surface area contributed by atoms with Gasteiger partial charge >= 0.3 is 0 Å². The highest BCUT2D eigenvalue weighted by molar-refractivity contribution is 5.97. The number of aromatic nitrogens is 1. The number of pyridine rings is 1. The number of amides is 1. The number of benzene rings is 1. The van der Waals surface area contributed by atoms with Gasteiger partial charge in [-0.15, -0.1) is 0 Å². The van der Waals surface area contributed by atoms with Crippen LogP contribution in [0.4, 0.5) is 0 Å². The monoisotopic (exact) mass is 324 g/mol. The zero-order chi connectivity index (χ0) is 16.9. The van der Waals surface area contributed by atoms with Crippen molar-refractivity contribution in [2.75, 3.05) is 13.1 Å². The summed E-state index contributed by atoms with van der Waals surface area (Å²) < 4.78 is 0. The summed E-state index contributed by atoms with van der Waals surface area (Å²) >= 11 is 0. The number of hydrogen-bond acceptors (Lipinski definition) is 4. The van der Waals surface area contributed by atoms with Crippen LogP contribution >= 0.6 is 0 Å². The van der Waals surface area contributed by atoms with E-state index >= 15 is 0 Å². The molecule has 2 heterocycles. The van der Waals surface area contributed by atoms with Crippen molar-refractivity contribution in [1.82, 2.24) is 9.88 Å². The maximum Gasteiger partial charge on any atom is 0.227 e. The van der Waals surface area contributed by atoms with Crippen LogP contribution in [0.1, 0.15) is 28.8 Å². The molecule has 1 aliphatic rings. The van der Waals surface area contributed by atoms with Crippen LogP contribution in [0.25, 0.3) is 0 Å². The predicted molar refractivity (Wildman–Crippen MR) is 89.7 cm³/mol. The van der Waals surface area contributed by atoms with Gasteiger partial charge in [0.15, 0.2) is 5.78 Å². The molecule has 5 heteroatoms. The second-order valence-electron chi connectivity index (χ2n) is 6.07. The minimum absolute atomic E-state index is 0.0104. The van der Waals surface area contributed by atoms with Gasteiger partial charge in [0.25, 0.3) is 0 Å². The molecule has 0 bridgehead atoms. The fraction of sp³-hybridized carbons (Fsp3) is 0.316. The van der Waals surface area contributed by atoms with Crippen molar-refractivity contribution < 1.29 is 14.7 Å². The Morgan fingerprint density at radius 1 is 1.12 bits per heavy atom. The highest BCUT2D eigenvalue weighted by Crippen LogP contribution is 2.23. The summed E-state index contributed by atoms with van der Waals surface area (Å²) in [7, 11) is 0. The summed E-state index contributed by atoms with van der Waals surface area (Å²) in [5.74, 6) is 0.190. The second-order valence-corrected chi connectivity index (χ2v) is 6.07. The summed E-state index contributed by atoms with van der Waals surface area (Å²) in [5.41, 5.74) is 1.27. The molecule has 0 aliphatic carbocycles. The van der Waals surface area contributed by atoms with Gasteiger partial charge in [-0.25, -0.2) is 0 Å². The van der Waals surface area contributed by atoms with Crippen LogP contribution in [-0.2, 0) is 11.2 Å². The van der Waals surface area contributed by atoms with Crippen molar-refractivity contribution in [3.63, 3.8) is 0 Å². The van der Waals surface area contributed by atoms with Crippen LogP contribution in [0, 0.1) is 5.92 Å². The summed E-state index contributed by atoms with van der Waals surface area (Å²) in [6.45, 7) is 1.15. The SMILES string of the molecule is O=C(c1cccnc1)C1CCN(C(=O)Cc2ccccc2O)CC1. The third-order valence-corrected chi connectivity index (χ3v) is 4.50. The molecule has 3 rings (SSSR count). The Morgan fingerprint density at radius 2 is 1.88 bits per heavy atom. The number of phenols is 1. The number of rotatable bonds is 4. The van der Waals surface area contributed by atoms with Gasteiger partial charge in [0, 0.05) is 42.5 Å². The number of phenolic OH excluding ortho intramolecular Hbond substituents is 1. The van der Waals surface area contributed by atoms with Crippen LogP contribution < -0.4 is 0 Å². The standard InChI is InChI=1S/C19H20N2O3/c22-17-6-2-1-4-15(17)12-18(23)21-10-7-14(8-11-21)19(24)16-5-3-9-20-13-16/h1-6,9,13-14,22H,7-8,10-12H2. The maximum atomic E-state index is 12.4. The van der Waals surface area contributed by atoms with Crippen LogP contribution in [0.5, 0.6) is 5.75 Å². The van der Waals surface area contributed by atoms with Gasteiger partial charge in [0.05, 0.1) is 6.42 Å². The average molecular weight is 324 g/mol. The van der Waals surface area contributed by atoms with Crippen molar-refractivity contribution >= 4 is 11.7 Å². The Kier molecular flexibility index (Phi) is 4.89. The first-order chi connectivity index (χ1) is 11.6. The molecule has 0 atom stereocenters. The molecule has 5 nitrogen and oxygen atoms in total. The molecule has 1 N–H and O–H groups in total. The second kappa shape index (κ2) is 7.25. The van der Waals surface area contributed by atoms with E-state index in [1.165, 1.54) is 0 Å². The number of likely N-dealkylation sites (tertiary alicyclic amines) is 1. The Morgan fingerprint density at radius 3 is 2.54 bits per heavy atom. The normalized spacial score (nSPS) is 15.2. The molecule has 1 amide bonds. The van der Waals surface area contributed by atoms with E-state index in [1.54, 1.807) is 53.7 Å². The number of carbonyl (C=O) groups excluding carboxylic acids is 2. The maximum absolute atomic E-state index is 12.4. The summed E-state index contributed by atoms with van der Waals surface area (Å²) in [6, 6.07) is 10.4. The van der Waals surface area contributed by atoms with Gasteiger partial charge in [-0.2, -0.15) is 0 Å². The van der Waals surface area contributed by atoms with Crippen LogP contribution in [0.2, 0.25) is 0 Å². The largest absolute Gasteiger partial charge is 0.508 e. The van der Waals surface area contributed by atoms with E-state index in [0.717, 1.165) is 0 Å². The van der Waals surface area contributed by atoms with Gasteiger partial charge in [-0.3, -0.25) is 14.6 Å². The molecule has 1 aromatic carbocycles. The van der Waals surface area contributed by atoms with Gasteiger partial charge < -0.3 is 10.0 Å². The molecule has 124 valence electrons. The molecule has 1 fully saturated rings. The van der Waals surface area contributed by atoms with Crippen LogP contribution in [0.3, 0.4) is 0 Å². The van der Waals surface area contributed by atoms with E-state index < -0.39 is 0 Å². The predicted octanol–water partition coefficient (Wildman–Crippen LogP) is 2.45. The van der Waals surface area contributed by atoms with Crippen molar-refractivity contribution in [1.29, 1.82) is 0 Å². The number of Topliss-reactive ketones (excluding diaryl/α,β-unsaturated/α-hetero) is 1. The average Bonchev–Trinajstić information content (AvgIpc) is 2.64. The molecule has 1 aliphatic heterocycles. The lowest BCUT2D eigenvalue weighted by Crippen LogP contribution is -2.41. The molecule has 2 aromatic rings. The Labute approximate surface area is 140 Å². The minimum atomic E-state index is -0.0524. The first-order valence-electron chi connectivity index (χ1n) is 8.14. The number of ketones is 1. The molecular weight excluding hydrogens is 304 g/mol. The molecule has 24 heavy (non-hydrogen) atoms. The Bertz CT molecular complexity index is 722. The third-order valence-electron chi connectivity index (χ3n) is 4.50. The molecular formula is C19H20N2O3. The van der Waals surface area contributed by atoms with E-state index in [4.69, 9.17) is 0 Å². The van der Waals surface area contributed by atoms with Gasteiger partial charge in [-0.05, 0) is 31.0 Å². The van der Waals surface area contributed by atoms with Gasteiger partial charge in [-0.1, -0.05) is 18.2 Å². The Balaban J connectivity index is 1.56. The van der Waals surface area contributed by atoms with E-state index in [1.807, 2.05) is 0 Å². The van der Waals surface area contributed by atoms with Gasteiger partial charge in [0.2, 0.25) is 5.91 Å². The number of para-hydroxylation sites is 1. The fourth-order valence-corrected chi connectivity index (χ4v) is 3.07. The number of piperidine rings is 1. The van der Waals surface area contributed by atoms with E-state index in [9.17, 15) is 14.7 Å². The van der Waals surface area contributed by atoms with Crippen molar-refractivity contribution in [3.05, 3.63) is 59.9 Å². The molecule has 1 aromatic heterocycles.